The van der Waals surface area contributed by atoms with E-state index in [0.29, 0.717) is 24.8 Å². The SMILES string of the molecule is CCCCc1cccc(C(O)CC2(F)C(F)(F)C(F)(F)C(F)(F)C(F)(F)C2(F)F)c1. The van der Waals surface area contributed by atoms with Gasteiger partial charge in [0.25, 0.3) is 5.67 Å². The highest BCUT2D eigenvalue weighted by Gasteiger charge is 3.00. The number of hydrogen-bond donors (Lipinski definition) is 1. The highest BCUT2D eigenvalue weighted by Crippen LogP contribution is 2.70. The third kappa shape index (κ3) is 3.00. The molecule has 1 saturated carbocycles. The summed E-state index contributed by atoms with van der Waals surface area (Å²) in [6.07, 6.45) is -3.68. The quantitative estimate of drug-likeness (QED) is 0.493. The summed E-state index contributed by atoms with van der Waals surface area (Å²) < 4.78 is 151. The molecule has 0 spiro atoms. The van der Waals surface area contributed by atoms with Crippen LogP contribution in [0.3, 0.4) is 0 Å². The molecule has 1 fully saturated rings. The lowest BCUT2D eigenvalue weighted by molar-refractivity contribution is -0.487. The van der Waals surface area contributed by atoms with Crippen molar-refractivity contribution >= 4 is 0 Å². The van der Waals surface area contributed by atoms with E-state index in [9.17, 15) is 53.4 Å². The van der Waals surface area contributed by atoms with Crippen LogP contribution in [0, 0.1) is 0 Å². The average Bonchev–Trinajstić information content (AvgIpc) is 2.64. The lowest BCUT2D eigenvalue weighted by atomic mass is 9.69. The number of aryl methyl sites for hydroxylation is 1. The molecule has 1 aromatic rings. The van der Waals surface area contributed by atoms with Gasteiger partial charge in [0, 0.05) is 6.42 Å². The minimum Gasteiger partial charge on any atom is -0.388 e. The Labute approximate surface area is 163 Å². The molecule has 0 amide bonds. The van der Waals surface area contributed by atoms with Gasteiger partial charge in [-0.25, -0.2) is 4.39 Å². The lowest BCUT2D eigenvalue weighted by Gasteiger charge is -2.52. The summed E-state index contributed by atoms with van der Waals surface area (Å²) in [6, 6.07) is 4.69. The third-order valence-corrected chi connectivity index (χ3v) is 5.20. The predicted octanol–water partition coefficient (Wildman–Crippen LogP) is 6.35. The molecule has 0 aromatic heterocycles. The van der Waals surface area contributed by atoms with Gasteiger partial charge in [-0.2, -0.15) is 43.9 Å². The zero-order valence-electron chi connectivity index (χ0n) is 15.3. The maximum Gasteiger partial charge on any atom is 0.384 e. The van der Waals surface area contributed by atoms with E-state index in [0.717, 1.165) is 12.1 Å². The number of alkyl halides is 11. The van der Waals surface area contributed by atoms with Crippen molar-refractivity contribution < 1.29 is 53.4 Å². The second-order valence-corrected chi connectivity index (χ2v) is 7.24. The summed E-state index contributed by atoms with van der Waals surface area (Å²) in [6.45, 7) is 1.81. The summed E-state index contributed by atoms with van der Waals surface area (Å²) >= 11 is 0. The van der Waals surface area contributed by atoms with E-state index < -0.39 is 53.4 Å². The minimum absolute atomic E-state index is 0.368. The molecule has 2 rings (SSSR count). The van der Waals surface area contributed by atoms with Gasteiger partial charge in [0.2, 0.25) is 0 Å². The van der Waals surface area contributed by atoms with Crippen LogP contribution in [-0.4, -0.2) is 40.4 Å². The Kier molecular flexibility index (Phi) is 5.95. The van der Waals surface area contributed by atoms with E-state index in [1.165, 1.54) is 12.1 Å². The fraction of sp³-hybridized carbons (Fsp3) is 0.667. The standard InChI is InChI=1S/C18H17F11O/c1-2-3-5-10-6-4-7-11(8-10)12(30)9-13(19)14(20,21)16(24,25)18(28,29)17(26,27)15(13,22)23/h4,6-8,12,30H,2-3,5,9H2,1H3. The third-order valence-electron chi connectivity index (χ3n) is 5.20. The van der Waals surface area contributed by atoms with E-state index in [1.54, 1.807) is 0 Å². The van der Waals surface area contributed by atoms with E-state index in [-0.39, 0.29) is 0 Å². The van der Waals surface area contributed by atoms with Gasteiger partial charge in [-0.1, -0.05) is 37.6 Å². The Bertz CT molecular complexity index is 745. The summed E-state index contributed by atoms with van der Waals surface area (Å²) in [4.78, 5) is 0. The van der Waals surface area contributed by atoms with Gasteiger partial charge in [0.1, 0.15) is 0 Å². The monoisotopic (exact) mass is 458 g/mol. The van der Waals surface area contributed by atoms with Crippen LogP contribution in [-0.2, 0) is 6.42 Å². The van der Waals surface area contributed by atoms with Gasteiger partial charge in [0.15, 0.2) is 0 Å². The van der Waals surface area contributed by atoms with Crippen LogP contribution in [0.25, 0.3) is 0 Å². The van der Waals surface area contributed by atoms with Gasteiger partial charge in [-0.05, 0) is 24.0 Å². The number of hydrogen-bond acceptors (Lipinski definition) is 1. The van der Waals surface area contributed by atoms with Crippen molar-refractivity contribution in [3.8, 4) is 0 Å². The van der Waals surface area contributed by atoms with Crippen LogP contribution >= 0.6 is 0 Å². The van der Waals surface area contributed by atoms with Crippen molar-refractivity contribution in [1.82, 2.24) is 0 Å². The summed E-state index contributed by atoms with van der Waals surface area (Å²) in [5, 5.41) is 9.94. The largest absolute Gasteiger partial charge is 0.388 e. The Hall–Kier alpha value is -1.59. The molecule has 1 N–H and O–H groups in total. The van der Waals surface area contributed by atoms with Crippen LogP contribution in [0.15, 0.2) is 24.3 Å². The first kappa shape index (κ1) is 24.7. The van der Waals surface area contributed by atoms with E-state index in [4.69, 9.17) is 0 Å². The molecule has 0 bridgehead atoms. The number of benzene rings is 1. The van der Waals surface area contributed by atoms with Crippen LogP contribution in [0.5, 0.6) is 0 Å². The van der Waals surface area contributed by atoms with Gasteiger partial charge in [-0.15, -0.1) is 0 Å². The fourth-order valence-electron chi connectivity index (χ4n) is 3.26. The van der Waals surface area contributed by atoms with Gasteiger partial charge < -0.3 is 5.11 Å². The summed E-state index contributed by atoms with van der Waals surface area (Å²) in [5.74, 6) is -35.5. The second kappa shape index (κ2) is 7.23. The molecular weight excluding hydrogens is 441 g/mol. The van der Waals surface area contributed by atoms with Crippen LogP contribution in [0.2, 0.25) is 0 Å². The number of aliphatic hydroxyl groups is 1. The predicted molar refractivity (Wildman–Crippen MR) is 83.2 cm³/mol. The summed E-state index contributed by atoms with van der Waals surface area (Å²) in [5.41, 5.74) is -6.25. The average molecular weight is 458 g/mol. The smallest absolute Gasteiger partial charge is 0.384 e. The van der Waals surface area contributed by atoms with Crippen molar-refractivity contribution in [2.75, 3.05) is 0 Å². The van der Waals surface area contributed by atoms with Crippen molar-refractivity contribution in [1.29, 1.82) is 0 Å². The van der Waals surface area contributed by atoms with E-state index >= 15 is 0 Å². The molecule has 0 aliphatic heterocycles. The normalized spacial score (nSPS) is 26.2. The van der Waals surface area contributed by atoms with E-state index in [2.05, 4.69) is 0 Å². The summed E-state index contributed by atoms with van der Waals surface area (Å²) in [7, 11) is 0. The van der Waals surface area contributed by atoms with E-state index in [1.807, 2.05) is 6.92 Å². The zero-order chi connectivity index (χ0) is 23.4. The molecule has 12 heteroatoms. The van der Waals surface area contributed by atoms with Crippen LogP contribution in [0.1, 0.15) is 43.4 Å². The fourth-order valence-corrected chi connectivity index (χ4v) is 3.26. The van der Waals surface area contributed by atoms with Gasteiger partial charge in [-0.3, -0.25) is 0 Å². The molecule has 172 valence electrons. The first-order chi connectivity index (χ1) is 13.4. The van der Waals surface area contributed by atoms with Gasteiger partial charge >= 0.3 is 29.6 Å². The number of unbranched alkanes of at least 4 members (excludes halogenated alkanes) is 1. The lowest BCUT2D eigenvalue weighted by Crippen LogP contribution is -2.83. The molecule has 0 heterocycles. The Morgan fingerprint density at radius 2 is 1.23 bits per heavy atom. The number of rotatable bonds is 6. The highest BCUT2D eigenvalue weighted by atomic mass is 19.4. The first-order valence-electron chi connectivity index (χ1n) is 8.77. The second-order valence-electron chi connectivity index (χ2n) is 7.24. The van der Waals surface area contributed by atoms with Gasteiger partial charge in [0.05, 0.1) is 6.10 Å². The first-order valence-corrected chi connectivity index (χ1v) is 8.77. The number of aliphatic hydroxyl groups excluding tert-OH is 1. The topological polar surface area (TPSA) is 20.2 Å². The van der Waals surface area contributed by atoms with Crippen LogP contribution in [0.4, 0.5) is 48.3 Å². The van der Waals surface area contributed by atoms with Crippen molar-refractivity contribution in [3.05, 3.63) is 35.4 Å². The Balaban J connectivity index is 2.53. The molecular formula is C18H17F11O. The van der Waals surface area contributed by atoms with Crippen molar-refractivity contribution in [2.45, 2.75) is 74.0 Å². The molecule has 30 heavy (non-hydrogen) atoms. The number of halogens is 11. The molecule has 0 saturated heterocycles. The van der Waals surface area contributed by atoms with Crippen LogP contribution < -0.4 is 0 Å². The molecule has 1 aromatic carbocycles. The molecule has 1 aliphatic carbocycles. The maximum absolute atomic E-state index is 14.7. The zero-order valence-corrected chi connectivity index (χ0v) is 15.3. The highest BCUT2D eigenvalue weighted by molar-refractivity contribution is 5.30. The Morgan fingerprint density at radius 3 is 1.70 bits per heavy atom. The molecule has 1 unspecified atom stereocenters. The minimum atomic E-state index is -7.26. The molecule has 1 aliphatic rings. The molecule has 1 nitrogen and oxygen atoms in total. The Morgan fingerprint density at radius 1 is 0.767 bits per heavy atom. The maximum atomic E-state index is 14.7. The molecule has 0 radical (unpaired) electrons. The molecule has 1 atom stereocenters. The van der Waals surface area contributed by atoms with Crippen molar-refractivity contribution in [3.63, 3.8) is 0 Å². The van der Waals surface area contributed by atoms with Crippen molar-refractivity contribution in [2.24, 2.45) is 0 Å².